The van der Waals surface area contributed by atoms with Crippen LogP contribution in [0.3, 0.4) is 0 Å². The molecule has 1 N–H and O–H groups in total. The zero-order valence-electron chi connectivity index (χ0n) is 11.8. The van der Waals surface area contributed by atoms with Gasteiger partial charge in [0.05, 0.1) is 6.26 Å². The van der Waals surface area contributed by atoms with Crippen LogP contribution < -0.4 is 5.32 Å². The van der Waals surface area contributed by atoms with Crippen molar-refractivity contribution in [2.24, 2.45) is 0 Å². The normalized spacial score (nSPS) is 13.1. The SMILES string of the molecule is CN(Cc1ccccc1)[C@@H](NC(=O)c1ccco1)C(Cl)(Cl)Cl. The van der Waals surface area contributed by atoms with Gasteiger partial charge in [0.25, 0.3) is 5.91 Å². The number of rotatable bonds is 5. The lowest BCUT2D eigenvalue weighted by molar-refractivity contribution is 0.0841. The molecule has 1 aromatic heterocycles. The van der Waals surface area contributed by atoms with E-state index in [4.69, 9.17) is 39.2 Å². The van der Waals surface area contributed by atoms with Crippen LogP contribution in [0.4, 0.5) is 0 Å². The van der Waals surface area contributed by atoms with E-state index in [1.807, 2.05) is 30.3 Å². The van der Waals surface area contributed by atoms with E-state index in [9.17, 15) is 4.79 Å². The highest BCUT2D eigenvalue weighted by Crippen LogP contribution is 2.32. The average Bonchev–Trinajstić information content (AvgIpc) is 2.98. The fourth-order valence-corrected chi connectivity index (χ4v) is 2.67. The molecule has 0 saturated heterocycles. The number of alkyl halides is 3. The Kier molecular flexibility index (Phi) is 5.75. The van der Waals surface area contributed by atoms with Crippen LogP contribution in [-0.2, 0) is 6.54 Å². The second-order valence-electron chi connectivity index (χ2n) is 4.80. The summed E-state index contributed by atoms with van der Waals surface area (Å²) in [5.74, 6) is -0.284. The van der Waals surface area contributed by atoms with Gasteiger partial charge >= 0.3 is 0 Å². The number of hydrogen-bond acceptors (Lipinski definition) is 3. The Hall–Kier alpha value is -1.20. The predicted molar refractivity (Wildman–Crippen MR) is 88.2 cm³/mol. The molecule has 0 bridgehead atoms. The summed E-state index contributed by atoms with van der Waals surface area (Å²) >= 11 is 18.0. The van der Waals surface area contributed by atoms with Crippen molar-refractivity contribution in [3.8, 4) is 0 Å². The summed E-state index contributed by atoms with van der Waals surface area (Å²) in [5.41, 5.74) is 1.04. The molecule has 0 radical (unpaired) electrons. The quantitative estimate of drug-likeness (QED) is 0.650. The van der Waals surface area contributed by atoms with Crippen molar-refractivity contribution in [1.82, 2.24) is 10.2 Å². The Morgan fingerprint density at radius 3 is 2.45 bits per heavy atom. The van der Waals surface area contributed by atoms with Crippen LogP contribution in [0.15, 0.2) is 53.1 Å². The maximum Gasteiger partial charge on any atom is 0.288 e. The molecule has 22 heavy (non-hydrogen) atoms. The average molecular weight is 362 g/mol. The number of halogens is 3. The van der Waals surface area contributed by atoms with Crippen LogP contribution in [0.5, 0.6) is 0 Å². The number of carbonyl (C=O) groups excluding carboxylic acids is 1. The number of nitrogens with zero attached hydrogens (tertiary/aromatic N) is 1. The topological polar surface area (TPSA) is 45.5 Å². The molecule has 0 aliphatic heterocycles. The minimum Gasteiger partial charge on any atom is -0.459 e. The summed E-state index contributed by atoms with van der Waals surface area (Å²) in [6.07, 6.45) is 0.600. The lowest BCUT2D eigenvalue weighted by atomic mass is 10.2. The second kappa shape index (κ2) is 7.38. The summed E-state index contributed by atoms with van der Waals surface area (Å²) in [6, 6.07) is 12.9. The first-order chi connectivity index (χ1) is 10.4. The third-order valence-electron chi connectivity index (χ3n) is 3.04. The van der Waals surface area contributed by atoms with Crippen LogP contribution in [0, 0.1) is 0 Å². The Morgan fingerprint density at radius 2 is 1.91 bits per heavy atom. The van der Waals surface area contributed by atoms with E-state index in [-0.39, 0.29) is 5.76 Å². The number of benzene rings is 1. The molecule has 0 saturated carbocycles. The van der Waals surface area contributed by atoms with E-state index in [2.05, 4.69) is 5.32 Å². The van der Waals surface area contributed by atoms with E-state index in [1.165, 1.54) is 6.26 Å². The predicted octanol–water partition coefficient (Wildman–Crippen LogP) is 3.84. The Bertz CT molecular complexity index is 597. The van der Waals surface area contributed by atoms with Gasteiger partial charge in [-0.3, -0.25) is 9.69 Å². The highest BCUT2D eigenvalue weighted by atomic mass is 35.6. The van der Waals surface area contributed by atoms with Crippen molar-refractivity contribution in [2.75, 3.05) is 7.05 Å². The second-order valence-corrected chi connectivity index (χ2v) is 7.16. The molecular formula is C15H15Cl3N2O2. The van der Waals surface area contributed by atoms with Gasteiger partial charge in [0.2, 0.25) is 3.79 Å². The van der Waals surface area contributed by atoms with Crippen LogP contribution in [-0.4, -0.2) is 27.8 Å². The molecule has 1 atom stereocenters. The minimum atomic E-state index is -1.69. The highest BCUT2D eigenvalue weighted by molar-refractivity contribution is 6.68. The molecule has 7 heteroatoms. The number of nitrogens with one attached hydrogen (secondary N) is 1. The highest BCUT2D eigenvalue weighted by Gasteiger charge is 2.37. The first-order valence-electron chi connectivity index (χ1n) is 6.53. The first kappa shape index (κ1) is 17.2. The lowest BCUT2D eigenvalue weighted by Crippen LogP contribution is -2.53. The van der Waals surface area contributed by atoms with Crippen LogP contribution in [0.2, 0.25) is 0 Å². The molecule has 0 aliphatic rings. The van der Waals surface area contributed by atoms with E-state index in [1.54, 1.807) is 24.1 Å². The van der Waals surface area contributed by atoms with Gasteiger partial charge in [0, 0.05) is 6.54 Å². The zero-order chi connectivity index (χ0) is 16.2. The number of amides is 1. The summed E-state index contributed by atoms with van der Waals surface area (Å²) in [4.78, 5) is 13.9. The zero-order valence-corrected chi connectivity index (χ0v) is 14.1. The molecule has 118 valence electrons. The summed E-state index contributed by atoms with van der Waals surface area (Å²) in [5, 5.41) is 2.68. The summed E-state index contributed by atoms with van der Waals surface area (Å²) in [6.45, 7) is 0.512. The summed E-state index contributed by atoms with van der Waals surface area (Å²) < 4.78 is 3.36. The monoisotopic (exact) mass is 360 g/mol. The lowest BCUT2D eigenvalue weighted by Gasteiger charge is -2.33. The van der Waals surface area contributed by atoms with Crippen molar-refractivity contribution < 1.29 is 9.21 Å². The number of carbonyl (C=O) groups is 1. The van der Waals surface area contributed by atoms with Gasteiger partial charge in [-0.1, -0.05) is 65.1 Å². The van der Waals surface area contributed by atoms with Crippen molar-refractivity contribution in [2.45, 2.75) is 16.5 Å². The van der Waals surface area contributed by atoms with Crippen LogP contribution in [0.1, 0.15) is 16.1 Å². The van der Waals surface area contributed by atoms with Gasteiger partial charge in [0.1, 0.15) is 6.17 Å². The fourth-order valence-electron chi connectivity index (χ4n) is 2.01. The van der Waals surface area contributed by atoms with E-state index in [0.29, 0.717) is 6.54 Å². The molecule has 0 aliphatic carbocycles. The minimum absolute atomic E-state index is 0.160. The van der Waals surface area contributed by atoms with Gasteiger partial charge in [-0.15, -0.1) is 0 Å². The van der Waals surface area contributed by atoms with E-state index >= 15 is 0 Å². The third kappa shape index (κ3) is 4.65. The molecule has 0 spiro atoms. The van der Waals surface area contributed by atoms with Gasteiger partial charge in [-0.25, -0.2) is 0 Å². The van der Waals surface area contributed by atoms with E-state index in [0.717, 1.165) is 5.56 Å². The van der Waals surface area contributed by atoms with Crippen LogP contribution >= 0.6 is 34.8 Å². The molecule has 1 heterocycles. The molecule has 2 aromatic rings. The van der Waals surface area contributed by atoms with Gasteiger partial charge < -0.3 is 9.73 Å². The number of hydrogen-bond donors (Lipinski definition) is 1. The third-order valence-corrected chi connectivity index (χ3v) is 3.66. The molecule has 1 amide bonds. The molecular weight excluding hydrogens is 347 g/mol. The maximum absolute atomic E-state index is 12.1. The Morgan fingerprint density at radius 1 is 1.23 bits per heavy atom. The molecule has 4 nitrogen and oxygen atoms in total. The van der Waals surface area contributed by atoms with Crippen molar-refractivity contribution in [1.29, 1.82) is 0 Å². The standard InChI is InChI=1S/C15H15Cl3N2O2/c1-20(10-11-6-3-2-4-7-11)14(15(16,17)18)19-13(21)12-8-5-9-22-12/h2-9,14H,10H2,1H3,(H,19,21)/t14-/m1/s1. The maximum atomic E-state index is 12.1. The van der Waals surface area contributed by atoms with Gasteiger partial charge in [0.15, 0.2) is 5.76 Å². The van der Waals surface area contributed by atoms with Crippen LogP contribution in [0.25, 0.3) is 0 Å². The van der Waals surface area contributed by atoms with Crippen molar-refractivity contribution in [3.63, 3.8) is 0 Å². The largest absolute Gasteiger partial charge is 0.459 e. The molecule has 0 fully saturated rings. The molecule has 2 rings (SSSR count). The molecule has 0 unspecified atom stereocenters. The fraction of sp³-hybridized carbons (Fsp3) is 0.267. The molecule has 1 aromatic carbocycles. The smallest absolute Gasteiger partial charge is 0.288 e. The van der Waals surface area contributed by atoms with Crippen molar-refractivity contribution in [3.05, 3.63) is 60.1 Å². The van der Waals surface area contributed by atoms with Gasteiger partial charge in [-0.05, 0) is 24.7 Å². The summed E-state index contributed by atoms with van der Waals surface area (Å²) in [7, 11) is 1.77. The van der Waals surface area contributed by atoms with Gasteiger partial charge in [-0.2, -0.15) is 0 Å². The Balaban J connectivity index is 2.10. The van der Waals surface area contributed by atoms with Crippen molar-refractivity contribution >= 4 is 40.7 Å². The van der Waals surface area contributed by atoms with E-state index < -0.39 is 15.9 Å². The Labute approximate surface area is 143 Å². The number of furan rings is 1. The first-order valence-corrected chi connectivity index (χ1v) is 7.66.